The van der Waals surface area contributed by atoms with Crippen LogP contribution in [0.5, 0.6) is 5.75 Å². The lowest BCUT2D eigenvalue weighted by Gasteiger charge is -2.23. The van der Waals surface area contributed by atoms with E-state index in [0.717, 1.165) is 5.56 Å². The SMILES string of the molecule is CCOC(=O)c1ccccc1N(CCC(=O)Nc1cc(C)ccc1OC)C(C)=O. The summed E-state index contributed by atoms with van der Waals surface area (Å²) in [6.07, 6.45) is 0.0494. The minimum atomic E-state index is -0.511. The Morgan fingerprint density at radius 2 is 1.83 bits per heavy atom. The summed E-state index contributed by atoms with van der Waals surface area (Å²) in [7, 11) is 1.53. The smallest absolute Gasteiger partial charge is 0.340 e. The minimum absolute atomic E-state index is 0.0494. The largest absolute Gasteiger partial charge is 0.495 e. The van der Waals surface area contributed by atoms with Crippen LogP contribution >= 0.6 is 0 Å². The number of anilines is 2. The molecular weight excluding hydrogens is 372 g/mol. The van der Waals surface area contributed by atoms with Gasteiger partial charge in [0.25, 0.3) is 0 Å². The Labute approximate surface area is 170 Å². The van der Waals surface area contributed by atoms with E-state index in [2.05, 4.69) is 5.32 Å². The molecule has 0 atom stereocenters. The van der Waals surface area contributed by atoms with Gasteiger partial charge in [-0.3, -0.25) is 9.59 Å². The summed E-state index contributed by atoms with van der Waals surface area (Å²) in [5, 5.41) is 2.81. The molecule has 0 unspecified atom stereocenters. The normalized spacial score (nSPS) is 10.2. The molecule has 0 aliphatic rings. The molecule has 0 radical (unpaired) electrons. The van der Waals surface area contributed by atoms with Gasteiger partial charge in [0, 0.05) is 19.9 Å². The molecule has 7 nitrogen and oxygen atoms in total. The number of aryl methyl sites for hydroxylation is 1. The van der Waals surface area contributed by atoms with Crippen molar-refractivity contribution in [3.8, 4) is 5.75 Å². The fourth-order valence-corrected chi connectivity index (χ4v) is 2.88. The molecule has 0 fully saturated rings. The Morgan fingerprint density at radius 3 is 2.48 bits per heavy atom. The topological polar surface area (TPSA) is 84.9 Å². The van der Waals surface area contributed by atoms with Gasteiger partial charge in [-0.1, -0.05) is 18.2 Å². The van der Waals surface area contributed by atoms with E-state index >= 15 is 0 Å². The Hall–Kier alpha value is -3.35. The standard InChI is InChI=1S/C22H26N2O5/c1-5-29-22(27)17-8-6-7-9-19(17)24(16(3)25)13-12-21(26)23-18-14-15(2)10-11-20(18)28-4/h6-11,14H,5,12-13H2,1-4H3,(H,23,26). The molecule has 0 saturated heterocycles. The monoisotopic (exact) mass is 398 g/mol. The highest BCUT2D eigenvalue weighted by Crippen LogP contribution is 2.26. The second-order valence-corrected chi connectivity index (χ2v) is 6.41. The number of esters is 1. The lowest BCUT2D eigenvalue weighted by Crippen LogP contribution is -2.33. The molecule has 1 N–H and O–H groups in total. The number of methoxy groups -OCH3 is 1. The minimum Gasteiger partial charge on any atom is -0.495 e. The number of carbonyl (C=O) groups excluding carboxylic acids is 3. The van der Waals surface area contributed by atoms with Crippen molar-refractivity contribution >= 4 is 29.2 Å². The Balaban J connectivity index is 2.15. The van der Waals surface area contributed by atoms with Crippen molar-refractivity contribution in [3.05, 3.63) is 53.6 Å². The number of hydrogen-bond acceptors (Lipinski definition) is 5. The van der Waals surface area contributed by atoms with Gasteiger partial charge in [-0.25, -0.2) is 4.79 Å². The average molecular weight is 398 g/mol. The summed E-state index contributed by atoms with van der Waals surface area (Å²) < 4.78 is 10.3. The van der Waals surface area contributed by atoms with Crippen molar-refractivity contribution in [3.63, 3.8) is 0 Å². The maximum Gasteiger partial charge on any atom is 0.340 e. The number of para-hydroxylation sites is 1. The van der Waals surface area contributed by atoms with Gasteiger partial charge in [0.1, 0.15) is 5.75 Å². The van der Waals surface area contributed by atoms with Crippen molar-refractivity contribution in [1.82, 2.24) is 0 Å². The fourth-order valence-electron chi connectivity index (χ4n) is 2.88. The molecule has 2 amide bonds. The van der Waals surface area contributed by atoms with Crippen molar-refractivity contribution in [2.45, 2.75) is 27.2 Å². The molecule has 2 aromatic rings. The summed E-state index contributed by atoms with van der Waals surface area (Å²) in [5.41, 5.74) is 2.25. The third-order valence-electron chi connectivity index (χ3n) is 4.26. The van der Waals surface area contributed by atoms with Crippen molar-refractivity contribution in [2.75, 3.05) is 30.5 Å². The molecule has 7 heteroatoms. The zero-order chi connectivity index (χ0) is 21.4. The summed E-state index contributed by atoms with van der Waals surface area (Å²) in [4.78, 5) is 38.3. The summed E-state index contributed by atoms with van der Waals surface area (Å²) in [6.45, 7) is 5.37. The summed E-state index contributed by atoms with van der Waals surface area (Å²) in [6, 6.07) is 12.2. The number of rotatable bonds is 8. The first kappa shape index (κ1) is 21.9. The van der Waals surface area contributed by atoms with E-state index in [0.29, 0.717) is 17.1 Å². The highest BCUT2D eigenvalue weighted by Gasteiger charge is 2.21. The van der Waals surface area contributed by atoms with Crippen molar-refractivity contribution in [1.29, 1.82) is 0 Å². The average Bonchev–Trinajstić information content (AvgIpc) is 2.68. The molecule has 0 aliphatic carbocycles. The van der Waals surface area contributed by atoms with Crippen LogP contribution in [0.4, 0.5) is 11.4 Å². The van der Waals surface area contributed by atoms with Crippen LogP contribution in [0.25, 0.3) is 0 Å². The first-order valence-electron chi connectivity index (χ1n) is 9.36. The van der Waals surface area contributed by atoms with Gasteiger partial charge in [-0.15, -0.1) is 0 Å². The molecule has 0 spiro atoms. The zero-order valence-electron chi connectivity index (χ0n) is 17.2. The van der Waals surface area contributed by atoms with Crippen LogP contribution in [0, 0.1) is 6.92 Å². The number of nitrogens with zero attached hydrogens (tertiary/aromatic N) is 1. The van der Waals surface area contributed by atoms with Gasteiger partial charge in [0.2, 0.25) is 11.8 Å². The van der Waals surface area contributed by atoms with Gasteiger partial charge in [-0.2, -0.15) is 0 Å². The highest BCUT2D eigenvalue weighted by molar-refractivity contribution is 6.02. The molecule has 0 heterocycles. The maximum atomic E-state index is 12.5. The Morgan fingerprint density at radius 1 is 1.10 bits per heavy atom. The summed E-state index contributed by atoms with van der Waals surface area (Å²) in [5.74, 6) is -0.500. The zero-order valence-corrected chi connectivity index (χ0v) is 17.2. The van der Waals surface area contributed by atoms with E-state index < -0.39 is 5.97 Å². The predicted octanol–water partition coefficient (Wildman–Crippen LogP) is 3.56. The molecule has 0 bridgehead atoms. The van der Waals surface area contributed by atoms with E-state index in [1.807, 2.05) is 19.1 Å². The molecule has 0 aliphatic heterocycles. The molecule has 0 saturated carbocycles. The quantitative estimate of drug-likeness (QED) is 0.687. The predicted molar refractivity (Wildman–Crippen MR) is 111 cm³/mol. The second kappa shape index (κ2) is 10.3. The van der Waals surface area contributed by atoms with Gasteiger partial charge >= 0.3 is 5.97 Å². The van der Waals surface area contributed by atoms with Gasteiger partial charge in [0.15, 0.2) is 0 Å². The first-order chi connectivity index (χ1) is 13.9. The van der Waals surface area contributed by atoms with Crippen LogP contribution in [-0.4, -0.2) is 38.0 Å². The highest BCUT2D eigenvalue weighted by atomic mass is 16.5. The number of benzene rings is 2. The van der Waals surface area contributed by atoms with Crippen LogP contribution in [0.3, 0.4) is 0 Å². The molecule has 2 aromatic carbocycles. The second-order valence-electron chi connectivity index (χ2n) is 6.41. The van der Waals surface area contributed by atoms with E-state index in [1.54, 1.807) is 37.3 Å². The van der Waals surface area contributed by atoms with Crippen molar-refractivity contribution < 1.29 is 23.9 Å². The van der Waals surface area contributed by atoms with Crippen LogP contribution in [0.1, 0.15) is 36.2 Å². The molecular formula is C22H26N2O5. The Kier molecular flexibility index (Phi) is 7.77. The van der Waals surface area contributed by atoms with Crippen LogP contribution in [0.15, 0.2) is 42.5 Å². The van der Waals surface area contributed by atoms with Crippen LogP contribution in [0.2, 0.25) is 0 Å². The number of ether oxygens (including phenoxy) is 2. The maximum absolute atomic E-state index is 12.5. The number of nitrogens with one attached hydrogen (secondary N) is 1. The summed E-state index contributed by atoms with van der Waals surface area (Å²) >= 11 is 0. The Bertz CT molecular complexity index is 895. The number of amides is 2. The van der Waals surface area contributed by atoms with Crippen LogP contribution in [-0.2, 0) is 14.3 Å². The van der Waals surface area contributed by atoms with E-state index in [4.69, 9.17) is 9.47 Å². The van der Waals surface area contributed by atoms with Crippen LogP contribution < -0.4 is 15.0 Å². The molecule has 29 heavy (non-hydrogen) atoms. The van der Waals surface area contributed by atoms with Gasteiger partial charge in [0.05, 0.1) is 30.7 Å². The third kappa shape index (κ3) is 5.81. The van der Waals surface area contributed by atoms with Crippen molar-refractivity contribution in [2.24, 2.45) is 0 Å². The van der Waals surface area contributed by atoms with E-state index in [-0.39, 0.29) is 37.0 Å². The molecule has 2 rings (SSSR count). The number of hydrogen-bond donors (Lipinski definition) is 1. The fraction of sp³-hybridized carbons (Fsp3) is 0.318. The lowest BCUT2D eigenvalue weighted by molar-refractivity contribution is -0.117. The molecule has 154 valence electrons. The number of carbonyl (C=O) groups is 3. The first-order valence-corrected chi connectivity index (χ1v) is 9.36. The van der Waals surface area contributed by atoms with E-state index in [9.17, 15) is 14.4 Å². The van der Waals surface area contributed by atoms with Gasteiger partial charge in [-0.05, 0) is 43.7 Å². The molecule has 0 aromatic heterocycles. The third-order valence-corrected chi connectivity index (χ3v) is 4.26. The van der Waals surface area contributed by atoms with E-state index in [1.165, 1.54) is 18.9 Å². The lowest BCUT2D eigenvalue weighted by atomic mass is 10.1. The van der Waals surface area contributed by atoms with Gasteiger partial charge < -0.3 is 19.7 Å².